The number of benzene rings is 3. The van der Waals surface area contributed by atoms with Crippen molar-refractivity contribution in [1.29, 1.82) is 0 Å². The molecule has 170 valence electrons. The molecule has 5 aromatic rings. The molecule has 0 unspecified atom stereocenters. The zero-order valence-corrected chi connectivity index (χ0v) is 19.9. The van der Waals surface area contributed by atoms with E-state index in [0.717, 1.165) is 71.7 Å². The van der Waals surface area contributed by atoms with Crippen molar-refractivity contribution in [3.63, 3.8) is 0 Å². The lowest BCUT2D eigenvalue weighted by molar-refractivity contribution is 0.249. The number of aromatic nitrogens is 2. The summed E-state index contributed by atoms with van der Waals surface area (Å²) >= 11 is 12.5. The normalized spacial score (nSPS) is 14.8. The molecular weight excluding hydrogens is 467 g/mol. The van der Waals surface area contributed by atoms with Crippen LogP contribution in [0.25, 0.3) is 33.5 Å². The van der Waals surface area contributed by atoms with Crippen LogP contribution in [0.3, 0.4) is 0 Å². The molecule has 0 saturated carbocycles. The Bertz CT molecular complexity index is 1480. The highest BCUT2D eigenvalue weighted by atomic mass is 35.5. The second-order valence-electron chi connectivity index (χ2n) is 8.51. The Hall–Kier alpha value is -3.12. The summed E-state index contributed by atoms with van der Waals surface area (Å²) in [6.07, 6.45) is 0. The summed E-state index contributed by atoms with van der Waals surface area (Å²) in [5.74, 6) is 1.56. The Balaban J connectivity index is 1.33. The summed E-state index contributed by atoms with van der Waals surface area (Å²) in [4.78, 5) is 14.6. The molecule has 1 fully saturated rings. The molecule has 0 bridgehead atoms. The Labute approximate surface area is 207 Å². The highest BCUT2D eigenvalue weighted by molar-refractivity contribution is 6.35. The van der Waals surface area contributed by atoms with Crippen molar-refractivity contribution >= 4 is 51.1 Å². The Morgan fingerprint density at radius 3 is 2.38 bits per heavy atom. The number of hydrogen-bond donors (Lipinski definition) is 0. The summed E-state index contributed by atoms with van der Waals surface area (Å²) in [5, 5.41) is 2.38. The molecule has 0 radical (unpaired) electrons. The number of nitrogens with zero attached hydrogens (tertiary/aromatic N) is 4. The van der Waals surface area contributed by atoms with E-state index < -0.39 is 0 Å². The van der Waals surface area contributed by atoms with E-state index in [1.807, 2.05) is 60.7 Å². The van der Waals surface area contributed by atoms with Crippen LogP contribution in [-0.4, -0.2) is 41.0 Å². The van der Waals surface area contributed by atoms with E-state index in [4.69, 9.17) is 37.6 Å². The molecule has 5 nitrogen and oxygen atoms in total. The van der Waals surface area contributed by atoms with Crippen molar-refractivity contribution in [2.75, 3.05) is 31.1 Å². The third kappa shape index (κ3) is 4.00. The van der Waals surface area contributed by atoms with Gasteiger partial charge in [-0.2, -0.15) is 0 Å². The number of fused-ring (bicyclic) bond motifs is 3. The van der Waals surface area contributed by atoms with Gasteiger partial charge in [0.2, 0.25) is 0 Å². The molecule has 0 aliphatic carbocycles. The monoisotopic (exact) mass is 488 g/mol. The number of piperazine rings is 1. The fraction of sp³-hybridized carbons (Fsp3) is 0.185. The predicted octanol–water partition coefficient (Wildman–Crippen LogP) is 6.67. The molecule has 3 heterocycles. The van der Waals surface area contributed by atoms with Crippen molar-refractivity contribution in [3.8, 4) is 11.4 Å². The van der Waals surface area contributed by atoms with Crippen LogP contribution >= 0.6 is 23.2 Å². The first-order chi connectivity index (χ1) is 16.7. The average molecular weight is 489 g/mol. The van der Waals surface area contributed by atoms with Crippen LogP contribution in [0.2, 0.25) is 10.0 Å². The highest BCUT2D eigenvalue weighted by Crippen LogP contribution is 2.35. The van der Waals surface area contributed by atoms with E-state index in [0.29, 0.717) is 15.9 Å². The van der Waals surface area contributed by atoms with Gasteiger partial charge >= 0.3 is 0 Å². The van der Waals surface area contributed by atoms with Crippen molar-refractivity contribution in [1.82, 2.24) is 14.9 Å². The lowest BCUT2D eigenvalue weighted by Gasteiger charge is -2.35. The van der Waals surface area contributed by atoms with Crippen LogP contribution in [0.15, 0.2) is 77.2 Å². The average Bonchev–Trinajstić information content (AvgIpc) is 3.25. The summed E-state index contributed by atoms with van der Waals surface area (Å²) in [7, 11) is 0. The molecule has 1 aliphatic rings. The lowest BCUT2D eigenvalue weighted by Crippen LogP contribution is -2.46. The zero-order valence-electron chi connectivity index (χ0n) is 18.4. The van der Waals surface area contributed by atoms with E-state index in [2.05, 4.69) is 15.9 Å². The molecule has 2 aromatic heterocycles. The Morgan fingerprint density at radius 2 is 1.59 bits per heavy atom. The smallest absolute Gasteiger partial charge is 0.196 e. The number of rotatable bonds is 4. The first-order valence-corrected chi connectivity index (χ1v) is 12.1. The first-order valence-electron chi connectivity index (χ1n) is 11.3. The summed E-state index contributed by atoms with van der Waals surface area (Å²) in [5.41, 5.74) is 4.51. The minimum absolute atomic E-state index is 0.659. The maximum atomic E-state index is 6.40. The largest absolute Gasteiger partial charge is 0.450 e. The molecule has 0 N–H and O–H groups in total. The van der Waals surface area contributed by atoms with Crippen LogP contribution in [0, 0.1) is 0 Å². The van der Waals surface area contributed by atoms with Crippen LogP contribution in [0.4, 0.5) is 5.82 Å². The topological polar surface area (TPSA) is 45.4 Å². The lowest BCUT2D eigenvalue weighted by atomic mass is 10.2. The minimum atomic E-state index is 0.659. The van der Waals surface area contributed by atoms with Gasteiger partial charge < -0.3 is 9.32 Å². The summed E-state index contributed by atoms with van der Waals surface area (Å²) in [6, 6.07) is 23.8. The third-order valence-electron chi connectivity index (χ3n) is 6.31. The van der Waals surface area contributed by atoms with Gasteiger partial charge in [-0.1, -0.05) is 71.7 Å². The van der Waals surface area contributed by atoms with Crippen molar-refractivity contribution in [3.05, 3.63) is 88.4 Å². The van der Waals surface area contributed by atoms with Gasteiger partial charge in [0.1, 0.15) is 11.1 Å². The number of para-hydroxylation sites is 1. The summed E-state index contributed by atoms with van der Waals surface area (Å²) < 4.78 is 6.27. The Morgan fingerprint density at radius 1 is 0.824 bits per heavy atom. The van der Waals surface area contributed by atoms with Crippen LogP contribution in [0.5, 0.6) is 0 Å². The van der Waals surface area contributed by atoms with Gasteiger partial charge in [-0.3, -0.25) is 4.90 Å². The zero-order chi connectivity index (χ0) is 23.1. The van der Waals surface area contributed by atoms with Gasteiger partial charge in [0, 0.05) is 53.7 Å². The second kappa shape index (κ2) is 8.91. The van der Waals surface area contributed by atoms with Gasteiger partial charge in [-0.15, -0.1) is 0 Å². The maximum Gasteiger partial charge on any atom is 0.196 e. The molecule has 1 aliphatic heterocycles. The molecule has 7 heteroatoms. The number of anilines is 1. The van der Waals surface area contributed by atoms with Crippen LogP contribution in [-0.2, 0) is 6.54 Å². The van der Waals surface area contributed by atoms with Gasteiger partial charge in [0.15, 0.2) is 17.2 Å². The molecule has 34 heavy (non-hydrogen) atoms. The standard InChI is InChI=1S/C27H22Cl2N4O/c28-20-11-10-19(22(29)16-20)17-32-12-14-33(15-13-32)27-25-24(21-8-4-5-9-23(21)34-25)30-26(31-27)18-6-2-1-3-7-18/h1-11,16H,12-15,17H2. The van der Waals surface area contributed by atoms with E-state index >= 15 is 0 Å². The van der Waals surface area contributed by atoms with Gasteiger partial charge in [0.05, 0.1) is 0 Å². The molecule has 6 rings (SSSR count). The number of furan rings is 1. The SMILES string of the molecule is Clc1ccc(CN2CCN(c3nc(-c4ccccc4)nc4c3oc3ccccc34)CC2)c(Cl)c1. The molecule has 3 aromatic carbocycles. The molecule has 0 spiro atoms. The Kier molecular flexibility index (Phi) is 5.61. The fourth-order valence-electron chi connectivity index (χ4n) is 4.52. The second-order valence-corrected chi connectivity index (χ2v) is 9.36. The van der Waals surface area contributed by atoms with Gasteiger partial charge in [-0.05, 0) is 29.8 Å². The highest BCUT2D eigenvalue weighted by Gasteiger charge is 2.24. The van der Waals surface area contributed by atoms with Gasteiger partial charge in [0.25, 0.3) is 0 Å². The van der Waals surface area contributed by atoms with Crippen LogP contribution in [0.1, 0.15) is 5.56 Å². The molecule has 1 saturated heterocycles. The minimum Gasteiger partial charge on any atom is -0.450 e. The summed E-state index contributed by atoms with van der Waals surface area (Å²) in [6.45, 7) is 4.25. The quantitative estimate of drug-likeness (QED) is 0.282. The van der Waals surface area contributed by atoms with Crippen molar-refractivity contribution in [2.45, 2.75) is 6.54 Å². The maximum absolute atomic E-state index is 6.40. The third-order valence-corrected chi connectivity index (χ3v) is 6.90. The molecular formula is C27H22Cl2N4O. The number of halogens is 2. The van der Waals surface area contributed by atoms with Crippen LogP contribution < -0.4 is 4.90 Å². The van der Waals surface area contributed by atoms with Crippen molar-refractivity contribution in [2.24, 2.45) is 0 Å². The van der Waals surface area contributed by atoms with Gasteiger partial charge in [-0.25, -0.2) is 9.97 Å². The predicted molar refractivity (Wildman–Crippen MR) is 139 cm³/mol. The van der Waals surface area contributed by atoms with E-state index in [-0.39, 0.29) is 0 Å². The van der Waals surface area contributed by atoms with E-state index in [1.54, 1.807) is 6.07 Å². The fourth-order valence-corrected chi connectivity index (χ4v) is 4.98. The first kappa shape index (κ1) is 21.4. The molecule has 0 atom stereocenters. The van der Waals surface area contributed by atoms with Crippen molar-refractivity contribution < 1.29 is 4.42 Å². The number of hydrogen-bond acceptors (Lipinski definition) is 5. The van der Waals surface area contributed by atoms with E-state index in [1.165, 1.54) is 0 Å². The molecule has 0 amide bonds. The van der Waals surface area contributed by atoms with E-state index in [9.17, 15) is 0 Å².